The number of benzene rings is 3. The Labute approximate surface area is 198 Å². The van der Waals surface area contributed by atoms with Crippen molar-refractivity contribution in [1.82, 2.24) is 5.43 Å². The number of amides is 2. The molecule has 2 N–H and O–H groups in total. The smallest absolute Gasteiger partial charge is 0.271 e. The van der Waals surface area contributed by atoms with Crippen LogP contribution in [0.15, 0.2) is 76.3 Å². The lowest BCUT2D eigenvalue weighted by atomic mass is 10.2. The highest BCUT2D eigenvalue weighted by atomic mass is 79.9. The summed E-state index contributed by atoms with van der Waals surface area (Å²) in [6, 6.07) is 18.8. The molecule has 0 saturated carbocycles. The van der Waals surface area contributed by atoms with Gasteiger partial charge in [0, 0.05) is 15.7 Å². The number of nitrogens with one attached hydrogen (secondary N) is 2. The van der Waals surface area contributed by atoms with Gasteiger partial charge in [-0.3, -0.25) is 9.59 Å². The molecule has 0 aliphatic heterocycles. The molecule has 0 fully saturated rings. The standard InChI is InChI=1S/C23H19BrClN3O4/c1-31-19-9-7-18(8-10-19)27-22(29)14-32-21-11-2-15(12-20(21)25)13-26-28-23(30)16-3-5-17(24)6-4-16/h2-13H,14H2,1H3,(H,27,29)(H,28,30)/b26-13+. The molecule has 0 bridgehead atoms. The highest BCUT2D eigenvalue weighted by Gasteiger charge is 2.08. The molecular formula is C23H19BrClN3O4. The Morgan fingerprint density at radius 3 is 2.44 bits per heavy atom. The van der Waals surface area contributed by atoms with Crippen LogP contribution in [0, 0.1) is 0 Å². The molecule has 0 aliphatic rings. The zero-order chi connectivity index (χ0) is 22.9. The van der Waals surface area contributed by atoms with E-state index in [0.717, 1.165) is 4.47 Å². The molecule has 0 saturated heterocycles. The van der Waals surface area contributed by atoms with E-state index in [1.807, 2.05) is 0 Å². The number of hydrogen-bond donors (Lipinski definition) is 2. The van der Waals surface area contributed by atoms with Gasteiger partial charge in [0.1, 0.15) is 11.5 Å². The molecule has 2 amide bonds. The molecule has 9 heteroatoms. The highest BCUT2D eigenvalue weighted by Crippen LogP contribution is 2.25. The van der Waals surface area contributed by atoms with Gasteiger partial charge in [0.2, 0.25) is 0 Å². The Bertz CT molecular complexity index is 1120. The number of ether oxygens (including phenoxy) is 2. The second kappa shape index (κ2) is 11.3. The van der Waals surface area contributed by atoms with Gasteiger partial charge >= 0.3 is 0 Å². The van der Waals surface area contributed by atoms with Crippen LogP contribution >= 0.6 is 27.5 Å². The van der Waals surface area contributed by atoms with E-state index in [1.54, 1.807) is 73.8 Å². The van der Waals surface area contributed by atoms with Gasteiger partial charge in [-0.15, -0.1) is 0 Å². The van der Waals surface area contributed by atoms with E-state index in [0.29, 0.717) is 33.3 Å². The van der Waals surface area contributed by atoms with E-state index in [1.165, 1.54) is 6.21 Å². The van der Waals surface area contributed by atoms with E-state index >= 15 is 0 Å². The fourth-order valence-corrected chi connectivity index (χ4v) is 3.07. The number of anilines is 1. The predicted octanol–water partition coefficient (Wildman–Crippen LogP) is 4.89. The SMILES string of the molecule is COc1ccc(NC(=O)COc2ccc(/C=N/NC(=O)c3ccc(Br)cc3)cc2Cl)cc1. The molecule has 0 spiro atoms. The minimum absolute atomic E-state index is 0.206. The van der Waals surface area contributed by atoms with Crippen molar-refractivity contribution < 1.29 is 19.1 Å². The first-order valence-corrected chi connectivity index (χ1v) is 10.6. The fourth-order valence-electron chi connectivity index (χ4n) is 2.56. The number of methoxy groups -OCH3 is 1. The molecule has 0 radical (unpaired) electrons. The van der Waals surface area contributed by atoms with Gasteiger partial charge in [0.05, 0.1) is 18.3 Å². The summed E-state index contributed by atoms with van der Waals surface area (Å²) in [5.74, 6) is 0.394. The van der Waals surface area contributed by atoms with E-state index in [2.05, 4.69) is 31.8 Å². The molecule has 0 heterocycles. The van der Waals surface area contributed by atoms with E-state index in [4.69, 9.17) is 21.1 Å². The van der Waals surface area contributed by atoms with Gasteiger partial charge < -0.3 is 14.8 Å². The maximum Gasteiger partial charge on any atom is 0.271 e. The number of carbonyl (C=O) groups is 2. The molecule has 0 unspecified atom stereocenters. The zero-order valence-electron chi connectivity index (χ0n) is 17.0. The van der Waals surface area contributed by atoms with E-state index in [9.17, 15) is 9.59 Å². The summed E-state index contributed by atoms with van der Waals surface area (Å²) in [6.07, 6.45) is 1.46. The third kappa shape index (κ3) is 6.83. The first-order valence-electron chi connectivity index (χ1n) is 9.40. The summed E-state index contributed by atoms with van der Waals surface area (Å²) < 4.78 is 11.5. The molecule has 164 valence electrons. The Balaban J connectivity index is 1.50. The summed E-state index contributed by atoms with van der Waals surface area (Å²) in [7, 11) is 1.57. The number of hydrazone groups is 1. The maximum absolute atomic E-state index is 12.1. The number of hydrogen-bond acceptors (Lipinski definition) is 5. The molecular weight excluding hydrogens is 498 g/mol. The minimum atomic E-state index is -0.331. The van der Waals surface area contributed by atoms with Crippen LogP contribution < -0.4 is 20.2 Å². The van der Waals surface area contributed by atoms with Gasteiger partial charge in [0.25, 0.3) is 11.8 Å². The molecule has 3 aromatic rings. The third-order valence-electron chi connectivity index (χ3n) is 4.17. The Kier molecular flexibility index (Phi) is 8.24. The molecule has 0 atom stereocenters. The lowest BCUT2D eigenvalue weighted by Crippen LogP contribution is -2.20. The van der Waals surface area contributed by atoms with Crippen LogP contribution in [0.3, 0.4) is 0 Å². The Hall–Kier alpha value is -3.36. The second-order valence-electron chi connectivity index (χ2n) is 6.46. The van der Waals surface area contributed by atoms with Crippen molar-refractivity contribution >= 4 is 51.2 Å². The van der Waals surface area contributed by atoms with Gasteiger partial charge in [-0.05, 0) is 72.3 Å². The average molecular weight is 517 g/mol. The fraction of sp³-hybridized carbons (Fsp3) is 0.0870. The van der Waals surface area contributed by atoms with Crippen LogP contribution in [0.2, 0.25) is 5.02 Å². The van der Waals surface area contributed by atoms with Gasteiger partial charge in [-0.1, -0.05) is 27.5 Å². The number of carbonyl (C=O) groups excluding carboxylic acids is 2. The summed E-state index contributed by atoms with van der Waals surface area (Å²) in [5, 5.41) is 6.97. The predicted molar refractivity (Wildman–Crippen MR) is 128 cm³/mol. The van der Waals surface area contributed by atoms with E-state index in [-0.39, 0.29) is 18.4 Å². The zero-order valence-corrected chi connectivity index (χ0v) is 19.3. The van der Waals surface area contributed by atoms with Crippen LogP contribution in [0.25, 0.3) is 0 Å². The van der Waals surface area contributed by atoms with Crippen LogP contribution in [0.5, 0.6) is 11.5 Å². The Morgan fingerprint density at radius 1 is 1.06 bits per heavy atom. The molecule has 7 nitrogen and oxygen atoms in total. The first kappa shape index (κ1) is 23.3. The largest absolute Gasteiger partial charge is 0.497 e. The summed E-state index contributed by atoms with van der Waals surface area (Å²) in [4.78, 5) is 24.1. The quantitative estimate of drug-likeness (QED) is 0.329. The molecule has 3 aromatic carbocycles. The summed E-state index contributed by atoms with van der Waals surface area (Å²) in [5.41, 5.74) is 4.22. The van der Waals surface area contributed by atoms with Crippen LogP contribution in [0.1, 0.15) is 15.9 Å². The van der Waals surface area contributed by atoms with Crippen molar-refractivity contribution in [1.29, 1.82) is 0 Å². The normalized spacial score (nSPS) is 10.6. The lowest BCUT2D eigenvalue weighted by Gasteiger charge is -2.09. The number of nitrogens with zero attached hydrogens (tertiary/aromatic N) is 1. The van der Waals surface area contributed by atoms with Crippen molar-refractivity contribution in [2.45, 2.75) is 0 Å². The lowest BCUT2D eigenvalue weighted by molar-refractivity contribution is -0.118. The van der Waals surface area contributed by atoms with Gasteiger partial charge in [-0.25, -0.2) is 5.43 Å². The van der Waals surface area contributed by atoms with Crippen LogP contribution in [-0.4, -0.2) is 31.7 Å². The highest BCUT2D eigenvalue weighted by molar-refractivity contribution is 9.10. The van der Waals surface area contributed by atoms with Crippen molar-refractivity contribution in [3.05, 3.63) is 87.4 Å². The first-order chi connectivity index (χ1) is 15.4. The van der Waals surface area contributed by atoms with Crippen LogP contribution in [0.4, 0.5) is 5.69 Å². The third-order valence-corrected chi connectivity index (χ3v) is 5.00. The van der Waals surface area contributed by atoms with Gasteiger partial charge in [-0.2, -0.15) is 5.10 Å². The van der Waals surface area contributed by atoms with Crippen LogP contribution in [-0.2, 0) is 4.79 Å². The summed E-state index contributed by atoms with van der Waals surface area (Å²) >= 11 is 9.55. The topological polar surface area (TPSA) is 89.0 Å². The number of rotatable bonds is 8. The molecule has 0 aliphatic carbocycles. The molecule has 0 aromatic heterocycles. The van der Waals surface area contributed by atoms with Crippen molar-refractivity contribution in [2.75, 3.05) is 19.0 Å². The molecule has 3 rings (SSSR count). The van der Waals surface area contributed by atoms with Crippen molar-refractivity contribution in [3.63, 3.8) is 0 Å². The van der Waals surface area contributed by atoms with Crippen molar-refractivity contribution in [3.8, 4) is 11.5 Å². The monoisotopic (exact) mass is 515 g/mol. The Morgan fingerprint density at radius 2 is 1.78 bits per heavy atom. The van der Waals surface area contributed by atoms with Gasteiger partial charge in [0.15, 0.2) is 6.61 Å². The second-order valence-corrected chi connectivity index (χ2v) is 7.78. The van der Waals surface area contributed by atoms with E-state index < -0.39 is 0 Å². The maximum atomic E-state index is 12.1. The number of halogens is 2. The van der Waals surface area contributed by atoms with Crippen molar-refractivity contribution in [2.24, 2.45) is 5.10 Å². The minimum Gasteiger partial charge on any atom is -0.497 e. The molecule has 32 heavy (non-hydrogen) atoms. The summed E-state index contributed by atoms with van der Waals surface area (Å²) in [6.45, 7) is -0.206. The average Bonchev–Trinajstić information content (AvgIpc) is 2.79.